The van der Waals surface area contributed by atoms with E-state index in [-0.39, 0.29) is 45.3 Å². The minimum atomic E-state index is -0.791. The first kappa shape index (κ1) is 25.1. The standard InChI is InChI=1S/C24H16N2O8/c1-13(27)31-19-7-8-22(32-14(2)28)17(9-19)5-6-18-10-23(33-15(3)29)20(11-25)21(12-26)24(18)34-16(4)30/h7-10H,1-4H3. The van der Waals surface area contributed by atoms with Crippen LogP contribution in [0.5, 0.6) is 23.0 Å². The van der Waals surface area contributed by atoms with Crippen LogP contribution in [0, 0.1) is 34.5 Å². The third-order valence-electron chi connectivity index (χ3n) is 3.76. The van der Waals surface area contributed by atoms with Crippen LogP contribution in [0.4, 0.5) is 0 Å². The van der Waals surface area contributed by atoms with Gasteiger partial charge < -0.3 is 18.9 Å². The van der Waals surface area contributed by atoms with Crippen molar-refractivity contribution in [1.82, 2.24) is 0 Å². The van der Waals surface area contributed by atoms with Crippen LogP contribution in [0.15, 0.2) is 24.3 Å². The monoisotopic (exact) mass is 460 g/mol. The number of nitriles is 2. The predicted molar refractivity (Wildman–Crippen MR) is 114 cm³/mol. The molecule has 0 unspecified atom stereocenters. The van der Waals surface area contributed by atoms with Gasteiger partial charge in [-0.1, -0.05) is 11.8 Å². The zero-order chi connectivity index (χ0) is 25.4. The van der Waals surface area contributed by atoms with Gasteiger partial charge >= 0.3 is 23.9 Å². The minimum Gasteiger partial charge on any atom is -0.427 e. The molecular formula is C24H16N2O8. The number of nitrogens with zero attached hydrogens (tertiary/aromatic N) is 2. The average Bonchev–Trinajstić information content (AvgIpc) is 2.73. The highest BCUT2D eigenvalue weighted by atomic mass is 16.5. The number of ether oxygens (including phenoxy) is 4. The number of rotatable bonds is 4. The van der Waals surface area contributed by atoms with E-state index < -0.39 is 23.9 Å². The van der Waals surface area contributed by atoms with Crippen LogP contribution in [0.2, 0.25) is 0 Å². The maximum absolute atomic E-state index is 11.6. The molecule has 0 heterocycles. The third kappa shape index (κ3) is 6.43. The highest BCUT2D eigenvalue weighted by Crippen LogP contribution is 2.34. The molecule has 0 radical (unpaired) electrons. The van der Waals surface area contributed by atoms with Crippen molar-refractivity contribution in [3.8, 4) is 47.0 Å². The smallest absolute Gasteiger partial charge is 0.308 e. The zero-order valence-corrected chi connectivity index (χ0v) is 18.5. The molecule has 0 aromatic heterocycles. The normalized spacial score (nSPS) is 9.35. The summed E-state index contributed by atoms with van der Waals surface area (Å²) in [7, 11) is 0. The van der Waals surface area contributed by atoms with Gasteiger partial charge in [0.25, 0.3) is 0 Å². The van der Waals surface area contributed by atoms with Crippen molar-refractivity contribution < 1.29 is 38.1 Å². The molecular weight excluding hydrogens is 444 g/mol. The fraction of sp³-hybridized carbons (Fsp3) is 0.167. The quantitative estimate of drug-likeness (QED) is 0.378. The molecule has 0 bridgehead atoms. The maximum Gasteiger partial charge on any atom is 0.308 e. The molecule has 0 spiro atoms. The Morgan fingerprint density at radius 2 is 1.18 bits per heavy atom. The zero-order valence-electron chi connectivity index (χ0n) is 18.5. The molecule has 0 fully saturated rings. The highest BCUT2D eigenvalue weighted by molar-refractivity contribution is 5.78. The van der Waals surface area contributed by atoms with Gasteiger partial charge in [0.15, 0.2) is 11.5 Å². The van der Waals surface area contributed by atoms with E-state index in [9.17, 15) is 29.7 Å². The molecule has 0 saturated heterocycles. The fourth-order valence-electron chi connectivity index (χ4n) is 2.65. The van der Waals surface area contributed by atoms with E-state index in [0.29, 0.717) is 0 Å². The van der Waals surface area contributed by atoms with Gasteiger partial charge in [-0.15, -0.1) is 0 Å². The molecule has 10 nitrogen and oxygen atoms in total. The van der Waals surface area contributed by atoms with Gasteiger partial charge in [0, 0.05) is 39.8 Å². The fourth-order valence-corrected chi connectivity index (χ4v) is 2.65. The van der Waals surface area contributed by atoms with Gasteiger partial charge in [-0.05, 0) is 12.1 Å². The lowest BCUT2D eigenvalue weighted by Crippen LogP contribution is -2.09. The Labute approximate surface area is 194 Å². The van der Waals surface area contributed by atoms with E-state index in [1.165, 1.54) is 32.0 Å². The van der Waals surface area contributed by atoms with Crippen molar-refractivity contribution in [2.24, 2.45) is 0 Å². The molecule has 0 amide bonds. The summed E-state index contributed by atoms with van der Waals surface area (Å²) in [6, 6.07) is 8.75. The van der Waals surface area contributed by atoms with Gasteiger partial charge in [-0.25, -0.2) is 0 Å². The van der Waals surface area contributed by atoms with Gasteiger partial charge in [0.2, 0.25) is 0 Å². The minimum absolute atomic E-state index is 0.0410. The summed E-state index contributed by atoms with van der Waals surface area (Å²) in [5.41, 5.74) is -0.653. The van der Waals surface area contributed by atoms with Gasteiger partial charge in [0.1, 0.15) is 34.8 Å². The average molecular weight is 460 g/mol. The Balaban J connectivity index is 2.79. The first-order valence-corrected chi connectivity index (χ1v) is 9.46. The van der Waals surface area contributed by atoms with Gasteiger partial charge in [0.05, 0.1) is 11.1 Å². The number of esters is 4. The Bertz CT molecular complexity index is 1350. The summed E-state index contributed by atoms with van der Waals surface area (Å²) in [4.78, 5) is 45.9. The topological polar surface area (TPSA) is 153 Å². The van der Waals surface area contributed by atoms with Crippen LogP contribution in [0.1, 0.15) is 49.9 Å². The molecule has 170 valence electrons. The van der Waals surface area contributed by atoms with Crippen LogP contribution < -0.4 is 18.9 Å². The van der Waals surface area contributed by atoms with Crippen molar-refractivity contribution in [2.75, 3.05) is 0 Å². The predicted octanol–water partition coefficient (Wildman–Crippen LogP) is 2.53. The first-order chi connectivity index (χ1) is 16.0. The lowest BCUT2D eigenvalue weighted by Gasteiger charge is -2.12. The number of carbonyl (C=O) groups is 4. The second kappa shape index (κ2) is 10.9. The number of carbonyl (C=O) groups excluding carboxylic acids is 4. The molecule has 0 saturated carbocycles. The molecule has 34 heavy (non-hydrogen) atoms. The van der Waals surface area contributed by atoms with Crippen LogP contribution in [-0.4, -0.2) is 23.9 Å². The first-order valence-electron chi connectivity index (χ1n) is 9.46. The van der Waals surface area contributed by atoms with Crippen molar-refractivity contribution in [2.45, 2.75) is 27.7 Å². The summed E-state index contributed by atoms with van der Waals surface area (Å²) < 4.78 is 20.3. The molecule has 2 rings (SSSR count). The van der Waals surface area contributed by atoms with Crippen molar-refractivity contribution >= 4 is 23.9 Å². The lowest BCUT2D eigenvalue weighted by atomic mass is 10.0. The van der Waals surface area contributed by atoms with Gasteiger partial charge in [-0.2, -0.15) is 10.5 Å². The summed E-state index contributed by atoms with van der Waals surface area (Å²) >= 11 is 0. The molecule has 0 aliphatic heterocycles. The number of hydrogen-bond donors (Lipinski definition) is 0. The van der Waals surface area contributed by atoms with E-state index in [4.69, 9.17) is 18.9 Å². The molecule has 0 aliphatic carbocycles. The summed E-state index contributed by atoms with van der Waals surface area (Å²) in [6.07, 6.45) is 0. The van der Waals surface area contributed by atoms with Crippen LogP contribution in [0.25, 0.3) is 0 Å². The van der Waals surface area contributed by atoms with E-state index in [0.717, 1.165) is 19.9 Å². The highest BCUT2D eigenvalue weighted by Gasteiger charge is 2.22. The SMILES string of the molecule is CC(=O)Oc1ccc(OC(C)=O)c(C#Cc2cc(OC(C)=O)c(C#N)c(C#N)c2OC(C)=O)c1. The molecule has 0 aliphatic rings. The van der Waals surface area contributed by atoms with Crippen LogP contribution >= 0.6 is 0 Å². The van der Waals surface area contributed by atoms with Crippen LogP contribution in [-0.2, 0) is 19.2 Å². The Hall–Kier alpha value is -5.14. The van der Waals surface area contributed by atoms with Crippen molar-refractivity contribution in [3.63, 3.8) is 0 Å². The number of benzene rings is 2. The summed E-state index contributed by atoms with van der Waals surface area (Å²) in [6.45, 7) is 4.57. The Kier molecular flexibility index (Phi) is 8.09. The lowest BCUT2D eigenvalue weighted by molar-refractivity contribution is -0.133. The van der Waals surface area contributed by atoms with Crippen LogP contribution in [0.3, 0.4) is 0 Å². The molecule has 0 atom stereocenters. The molecule has 0 N–H and O–H groups in total. The largest absolute Gasteiger partial charge is 0.427 e. The Morgan fingerprint density at radius 3 is 1.71 bits per heavy atom. The van der Waals surface area contributed by atoms with Crippen molar-refractivity contribution in [1.29, 1.82) is 10.5 Å². The third-order valence-corrected chi connectivity index (χ3v) is 3.76. The van der Waals surface area contributed by atoms with E-state index in [2.05, 4.69) is 11.8 Å². The Morgan fingerprint density at radius 1 is 0.647 bits per heavy atom. The maximum atomic E-state index is 11.6. The van der Waals surface area contributed by atoms with E-state index >= 15 is 0 Å². The van der Waals surface area contributed by atoms with Gasteiger partial charge in [-0.3, -0.25) is 19.2 Å². The molecule has 2 aromatic carbocycles. The summed E-state index contributed by atoms with van der Waals surface area (Å²) in [5.74, 6) is 2.15. The summed E-state index contributed by atoms with van der Waals surface area (Å²) in [5, 5.41) is 19.1. The van der Waals surface area contributed by atoms with E-state index in [1.54, 1.807) is 12.1 Å². The number of hydrogen-bond acceptors (Lipinski definition) is 10. The second-order valence-electron chi connectivity index (χ2n) is 6.51. The van der Waals surface area contributed by atoms with Crippen molar-refractivity contribution in [3.05, 3.63) is 46.5 Å². The molecule has 2 aromatic rings. The second-order valence-corrected chi connectivity index (χ2v) is 6.51. The molecule has 10 heteroatoms. The van der Waals surface area contributed by atoms with E-state index in [1.807, 2.05) is 0 Å².